The Hall–Kier alpha value is -3.01. The van der Waals surface area contributed by atoms with Crippen molar-refractivity contribution in [1.29, 1.82) is 0 Å². The van der Waals surface area contributed by atoms with Gasteiger partial charge in [0.15, 0.2) is 0 Å². The maximum absolute atomic E-state index is 10.6. The van der Waals surface area contributed by atoms with E-state index in [2.05, 4.69) is 12.1 Å². The molecule has 0 aromatic heterocycles. The quantitative estimate of drug-likeness (QED) is 0.623. The van der Waals surface area contributed by atoms with E-state index in [1.54, 1.807) is 0 Å². The van der Waals surface area contributed by atoms with Gasteiger partial charge in [-0.05, 0) is 47.0 Å². The summed E-state index contributed by atoms with van der Waals surface area (Å²) in [5.41, 5.74) is 0.954. The van der Waals surface area contributed by atoms with E-state index in [1.165, 1.54) is 5.39 Å². The maximum Gasteiger partial charge on any atom is 0.303 e. The van der Waals surface area contributed by atoms with Gasteiger partial charge in [-0.1, -0.05) is 42.5 Å². The Kier molecular flexibility index (Phi) is 5.52. The summed E-state index contributed by atoms with van der Waals surface area (Å²) in [7, 11) is 0. The number of rotatable bonds is 8. The fraction of sp³-hybridized carbons (Fsp3) is 0.190. The van der Waals surface area contributed by atoms with E-state index >= 15 is 0 Å². The van der Waals surface area contributed by atoms with Crippen LogP contribution in [0.5, 0.6) is 11.5 Å². The van der Waals surface area contributed by atoms with Crippen molar-refractivity contribution in [3.8, 4) is 11.5 Å². The lowest BCUT2D eigenvalue weighted by molar-refractivity contribution is -0.136. The van der Waals surface area contributed by atoms with Crippen molar-refractivity contribution in [1.82, 2.24) is 0 Å². The molecule has 4 heteroatoms. The molecule has 3 aromatic rings. The van der Waals surface area contributed by atoms with Crippen LogP contribution < -0.4 is 9.47 Å². The molecule has 0 aliphatic carbocycles. The van der Waals surface area contributed by atoms with Gasteiger partial charge in [-0.25, -0.2) is 0 Å². The summed E-state index contributed by atoms with van der Waals surface area (Å²) >= 11 is 0. The summed E-state index contributed by atoms with van der Waals surface area (Å²) in [6.07, 6.45) is 0.620. The van der Waals surface area contributed by atoms with E-state index in [0.717, 1.165) is 22.4 Å². The van der Waals surface area contributed by atoms with E-state index in [9.17, 15) is 4.79 Å². The fourth-order valence-corrected chi connectivity index (χ4v) is 2.62. The molecule has 0 saturated heterocycles. The summed E-state index contributed by atoms with van der Waals surface area (Å²) in [4.78, 5) is 10.6. The third-order valence-electron chi connectivity index (χ3n) is 3.87. The third kappa shape index (κ3) is 4.98. The van der Waals surface area contributed by atoms with E-state index in [0.29, 0.717) is 19.6 Å². The van der Waals surface area contributed by atoms with Crippen LogP contribution in [0.25, 0.3) is 10.8 Å². The molecule has 0 spiro atoms. The first-order valence-corrected chi connectivity index (χ1v) is 8.26. The molecule has 0 unspecified atom stereocenters. The van der Waals surface area contributed by atoms with Crippen molar-refractivity contribution < 1.29 is 19.4 Å². The second kappa shape index (κ2) is 8.20. The van der Waals surface area contributed by atoms with Crippen LogP contribution in [0.4, 0.5) is 0 Å². The van der Waals surface area contributed by atoms with Crippen molar-refractivity contribution >= 4 is 16.7 Å². The van der Waals surface area contributed by atoms with E-state index < -0.39 is 5.97 Å². The van der Waals surface area contributed by atoms with Crippen LogP contribution >= 0.6 is 0 Å². The van der Waals surface area contributed by atoms with Crippen molar-refractivity contribution in [2.24, 2.45) is 0 Å². The Balaban J connectivity index is 1.49. The maximum atomic E-state index is 10.6. The van der Waals surface area contributed by atoms with Gasteiger partial charge in [-0.3, -0.25) is 4.79 Å². The lowest BCUT2D eigenvalue weighted by Gasteiger charge is -2.10. The first kappa shape index (κ1) is 16.8. The third-order valence-corrected chi connectivity index (χ3v) is 3.87. The summed E-state index contributed by atoms with van der Waals surface area (Å²) in [6.45, 7) is 0.868. The Labute approximate surface area is 146 Å². The van der Waals surface area contributed by atoms with Crippen molar-refractivity contribution in [3.05, 3.63) is 72.3 Å². The SMILES string of the molecule is O=C(O)CCc1cccc(OCCOc2ccc3ccccc3c2)c1. The predicted octanol–water partition coefficient (Wildman–Crippen LogP) is 4.31. The number of carboxylic acid groups (broad SMARTS) is 1. The average Bonchev–Trinajstić information content (AvgIpc) is 2.64. The molecule has 3 rings (SSSR count). The molecule has 0 atom stereocenters. The van der Waals surface area contributed by atoms with Crippen LogP contribution in [-0.4, -0.2) is 24.3 Å². The minimum atomic E-state index is -0.796. The van der Waals surface area contributed by atoms with Gasteiger partial charge in [-0.2, -0.15) is 0 Å². The van der Waals surface area contributed by atoms with Gasteiger partial charge in [0.05, 0.1) is 0 Å². The van der Waals surface area contributed by atoms with Crippen molar-refractivity contribution in [2.75, 3.05) is 13.2 Å². The molecule has 3 aromatic carbocycles. The lowest BCUT2D eigenvalue weighted by atomic mass is 10.1. The first-order valence-electron chi connectivity index (χ1n) is 8.26. The first-order chi connectivity index (χ1) is 12.2. The minimum Gasteiger partial charge on any atom is -0.490 e. The Morgan fingerprint density at radius 2 is 1.52 bits per heavy atom. The number of aliphatic carboxylic acids is 1. The highest BCUT2D eigenvalue weighted by atomic mass is 16.5. The van der Waals surface area contributed by atoms with Crippen molar-refractivity contribution in [2.45, 2.75) is 12.8 Å². The molecule has 0 saturated carbocycles. The highest BCUT2D eigenvalue weighted by Gasteiger charge is 2.02. The zero-order valence-electron chi connectivity index (χ0n) is 13.9. The number of ether oxygens (including phenoxy) is 2. The van der Waals surface area contributed by atoms with Crippen LogP contribution in [0.15, 0.2) is 66.7 Å². The van der Waals surface area contributed by atoms with E-state index in [-0.39, 0.29) is 6.42 Å². The number of fused-ring (bicyclic) bond motifs is 1. The van der Waals surface area contributed by atoms with Crippen LogP contribution in [0, 0.1) is 0 Å². The number of aryl methyl sites for hydroxylation is 1. The Bertz CT molecular complexity index is 857. The molecule has 0 bridgehead atoms. The van der Waals surface area contributed by atoms with Gasteiger partial charge in [-0.15, -0.1) is 0 Å². The zero-order chi connectivity index (χ0) is 17.5. The summed E-state index contributed by atoms with van der Waals surface area (Å²) in [5, 5.41) is 11.1. The molecule has 0 fully saturated rings. The molecule has 0 radical (unpaired) electrons. The van der Waals surface area contributed by atoms with Gasteiger partial charge in [0.1, 0.15) is 24.7 Å². The normalized spacial score (nSPS) is 10.6. The van der Waals surface area contributed by atoms with Gasteiger partial charge in [0, 0.05) is 6.42 Å². The second-order valence-electron chi connectivity index (χ2n) is 5.75. The van der Waals surface area contributed by atoms with Crippen LogP contribution in [0.2, 0.25) is 0 Å². The smallest absolute Gasteiger partial charge is 0.303 e. The van der Waals surface area contributed by atoms with E-state index in [4.69, 9.17) is 14.6 Å². The van der Waals surface area contributed by atoms with Gasteiger partial charge >= 0.3 is 5.97 Å². The molecule has 0 amide bonds. The van der Waals surface area contributed by atoms with Gasteiger partial charge < -0.3 is 14.6 Å². The molecule has 128 valence electrons. The largest absolute Gasteiger partial charge is 0.490 e. The van der Waals surface area contributed by atoms with Crippen molar-refractivity contribution in [3.63, 3.8) is 0 Å². The minimum absolute atomic E-state index is 0.120. The lowest BCUT2D eigenvalue weighted by Crippen LogP contribution is -2.09. The summed E-state index contributed by atoms with van der Waals surface area (Å²) in [5.74, 6) is 0.748. The number of carboxylic acids is 1. The highest BCUT2D eigenvalue weighted by Crippen LogP contribution is 2.20. The predicted molar refractivity (Wildman–Crippen MR) is 97.3 cm³/mol. The number of benzene rings is 3. The molecular weight excluding hydrogens is 316 g/mol. The van der Waals surface area contributed by atoms with Gasteiger partial charge in [0.2, 0.25) is 0 Å². The number of hydrogen-bond donors (Lipinski definition) is 1. The average molecular weight is 336 g/mol. The second-order valence-corrected chi connectivity index (χ2v) is 5.75. The van der Waals surface area contributed by atoms with Crippen LogP contribution in [0.1, 0.15) is 12.0 Å². The monoisotopic (exact) mass is 336 g/mol. The standard InChI is InChI=1S/C21H20O4/c22-21(23)11-8-16-4-3-7-19(14-16)24-12-13-25-20-10-9-17-5-1-2-6-18(17)15-20/h1-7,9-10,14-15H,8,11-13H2,(H,22,23). The molecule has 25 heavy (non-hydrogen) atoms. The van der Waals surface area contributed by atoms with Crippen LogP contribution in [-0.2, 0) is 11.2 Å². The highest BCUT2D eigenvalue weighted by molar-refractivity contribution is 5.83. The Morgan fingerprint density at radius 1 is 0.800 bits per heavy atom. The summed E-state index contributed by atoms with van der Waals surface area (Å²) < 4.78 is 11.4. The molecule has 1 N–H and O–H groups in total. The molecule has 0 aliphatic heterocycles. The summed E-state index contributed by atoms with van der Waals surface area (Å²) in [6, 6.07) is 21.7. The Morgan fingerprint density at radius 3 is 2.28 bits per heavy atom. The van der Waals surface area contributed by atoms with Crippen LogP contribution in [0.3, 0.4) is 0 Å². The molecule has 0 heterocycles. The topological polar surface area (TPSA) is 55.8 Å². The number of carbonyl (C=O) groups is 1. The molecule has 0 aliphatic rings. The fourth-order valence-electron chi connectivity index (χ4n) is 2.62. The van der Waals surface area contributed by atoms with E-state index in [1.807, 2.05) is 54.6 Å². The zero-order valence-corrected chi connectivity index (χ0v) is 13.9. The van der Waals surface area contributed by atoms with Gasteiger partial charge in [0.25, 0.3) is 0 Å². The molecular formula is C21H20O4. The molecule has 4 nitrogen and oxygen atoms in total. The number of hydrogen-bond acceptors (Lipinski definition) is 3.